The van der Waals surface area contributed by atoms with E-state index in [-0.39, 0.29) is 11.2 Å². The summed E-state index contributed by atoms with van der Waals surface area (Å²) in [7, 11) is 0. The van der Waals surface area contributed by atoms with E-state index in [1.54, 1.807) is 0 Å². The highest BCUT2D eigenvalue weighted by Gasteiger charge is 2.17. The molecule has 1 atom stereocenters. The second-order valence-electron chi connectivity index (χ2n) is 6.74. The molecule has 2 aromatic carbocycles. The number of hydrogen-bond acceptors (Lipinski definition) is 6. The third-order valence-corrected chi connectivity index (χ3v) is 6.21. The molecule has 7 heteroatoms. The smallest absolute Gasteiger partial charge is 0.233 e. The molecule has 28 heavy (non-hydrogen) atoms. The number of anilines is 2. The average molecular weight is 413 g/mol. The van der Waals surface area contributed by atoms with E-state index in [0.29, 0.717) is 12.5 Å². The lowest BCUT2D eigenvalue weighted by atomic mass is 10.0. The van der Waals surface area contributed by atoms with Gasteiger partial charge in [0, 0.05) is 12.2 Å². The second kappa shape index (κ2) is 9.71. The summed E-state index contributed by atoms with van der Waals surface area (Å²) in [5.41, 5.74) is 3.36. The topological polar surface area (TPSA) is 66.9 Å². The maximum absolute atomic E-state index is 12.3. The maximum atomic E-state index is 12.3. The highest BCUT2D eigenvalue weighted by molar-refractivity contribution is 8.02. The highest BCUT2D eigenvalue weighted by atomic mass is 32.2. The molecule has 0 bridgehead atoms. The lowest BCUT2D eigenvalue weighted by Crippen LogP contribution is -2.30. The van der Waals surface area contributed by atoms with E-state index in [9.17, 15) is 4.79 Å². The van der Waals surface area contributed by atoms with Crippen LogP contribution >= 0.6 is 23.1 Å². The molecule has 2 N–H and O–H groups in total. The van der Waals surface area contributed by atoms with E-state index in [4.69, 9.17) is 0 Å². The zero-order valence-electron chi connectivity index (χ0n) is 16.2. The van der Waals surface area contributed by atoms with Crippen LogP contribution in [0.2, 0.25) is 0 Å². The molecule has 0 fully saturated rings. The monoisotopic (exact) mass is 412 g/mol. The number of hydrogen-bond donors (Lipinski definition) is 2. The summed E-state index contributed by atoms with van der Waals surface area (Å²) in [5, 5.41) is 15.1. The van der Waals surface area contributed by atoms with Crippen LogP contribution in [0.1, 0.15) is 37.8 Å². The second-order valence-corrected chi connectivity index (χ2v) is 9.30. The van der Waals surface area contributed by atoms with Gasteiger partial charge in [0.15, 0.2) is 4.34 Å². The fraction of sp³-hybridized carbons (Fsp3) is 0.286. The zero-order valence-corrected chi connectivity index (χ0v) is 17.8. The molecule has 1 amide bonds. The van der Waals surface area contributed by atoms with Crippen LogP contribution in [0.4, 0.5) is 10.8 Å². The van der Waals surface area contributed by atoms with Crippen molar-refractivity contribution in [2.24, 2.45) is 0 Å². The van der Waals surface area contributed by atoms with Crippen molar-refractivity contribution >= 4 is 39.8 Å². The first-order chi connectivity index (χ1) is 13.5. The molecule has 0 unspecified atom stereocenters. The summed E-state index contributed by atoms with van der Waals surface area (Å²) < 4.78 is 0.767. The number of thioether (sulfide) groups is 1. The quantitative estimate of drug-likeness (QED) is 0.498. The van der Waals surface area contributed by atoms with Gasteiger partial charge in [0.25, 0.3) is 0 Å². The van der Waals surface area contributed by atoms with Crippen molar-refractivity contribution in [2.45, 2.75) is 42.8 Å². The Kier molecular flexibility index (Phi) is 7.06. The summed E-state index contributed by atoms with van der Waals surface area (Å²) in [6, 6.07) is 18.2. The Bertz CT molecular complexity index is 894. The molecule has 0 spiro atoms. The van der Waals surface area contributed by atoms with Gasteiger partial charge in [0.1, 0.15) is 0 Å². The molecule has 0 aliphatic rings. The van der Waals surface area contributed by atoms with E-state index >= 15 is 0 Å². The van der Waals surface area contributed by atoms with Crippen LogP contribution in [0.3, 0.4) is 0 Å². The molecule has 0 aliphatic heterocycles. The van der Waals surface area contributed by atoms with Crippen LogP contribution in [0, 0.1) is 0 Å². The first kappa shape index (κ1) is 20.4. The third-order valence-electron chi connectivity index (χ3n) is 4.19. The van der Waals surface area contributed by atoms with Crippen molar-refractivity contribution in [1.82, 2.24) is 15.5 Å². The largest absolute Gasteiger partial charge is 0.351 e. The highest BCUT2D eigenvalue weighted by Crippen LogP contribution is 2.30. The fourth-order valence-electron chi connectivity index (χ4n) is 2.52. The van der Waals surface area contributed by atoms with Gasteiger partial charge in [-0.3, -0.25) is 4.79 Å². The molecule has 5 nitrogen and oxygen atoms in total. The van der Waals surface area contributed by atoms with E-state index in [0.717, 1.165) is 20.7 Å². The van der Waals surface area contributed by atoms with Gasteiger partial charge in [-0.05, 0) is 36.1 Å². The van der Waals surface area contributed by atoms with Crippen LogP contribution in [-0.2, 0) is 11.3 Å². The van der Waals surface area contributed by atoms with E-state index in [2.05, 4.69) is 46.8 Å². The molecule has 0 radical (unpaired) electrons. The molecule has 0 saturated heterocycles. The Balaban J connectivity index is 1.51. The maximum Gasteiger partial charge on any atom is 0.233 e. The molecular weight excluding hydrogens is 388 g/mol. The number of carbonyl (C=O) groups is 1. The first-order valence-electron chi connectivity index (χ1n) is 9.20. The molecule has 1 aromatic heterocycles. The SMILES string of the molecule is CC(C)c1ccc(Nc2nnc(S[C@H](C)C(=O)NCc3ccccc3)s2)cc1. The van der Waals surface area contributed by atoms with Crippen molar-refractivity contribution in [1.29, 1.82) is 0 Å². The standard InChI is InChI=1S/C21H24N4OS2/c1-14(2)17-9-11-18(12-10-17)23-20-24-25-21(28-20)27-15(3)19(26)22-13-16-7-5-4-6-8-16/h4-12,14-15H,13H2,1-3H3,(H,22,26)(H,23,24)/t15-/m1/s1. The number of nitrogens with one attached hydrogen (secondary N) is 2. The Hall–Kier alpha value is -2.38. The summed E-state index contributed by atoms with van der Waals surface area (Å²) in [6.45, 7) is 6.76. The van der Waals surface area contributed by atoms with Gasteiger partial charge in [-0.15, -0.1) is 10.2 Å². The predicted octanol–water partition coefficient (Wildman–Crippen LogP) is 5.20. The Morgan fingerprint density at radius 2 is 1.75 bits per heavy atom. The summed E-state index contributed by atoms with van der Waals surface area (Å²) in [4.78, 5) is 12.3. The van der Waals surface area contributed by atoms with Crippen LogP contribution in [-0.4, -0.2) is 21.4 Å². The number of rotatable bonds is 8. The lowest BCUT2D eigenvalue weighted by Gasteiger charge is -2.10. The number of amides is 1. The van der Waals surface area contributed by atoms with Gasteiger partial charge >= 0.3 is 0 Å². The predicted molar refractivity (Wildman–Crippen MR) is 117 cm³/mol. The van der Waals surface area contributed by atoms with Crippen molar-refractivity contribution in [3.05, 3.63) is 65.7 Å². The molecule has 0 aliphatic carbocycles. The molecular formula is C21H24N4OS2. The van der Waals surface area contributed by atoms with Crippen LogP contribution in [0.25, 0.3) is 0 Å². The van der Waals surface area contributed by atoms with Crippen molar-refractivity contribution in [3.8, 4) is 0 Å². The Morgan fingerprint density at radius 3 is 2.43 bits per heavy atom. The van der Waals surface area contributed by atoms with E-state index < -0.39 is 0 Å². The Morgan fingerprint density at radius 1 is 1.04 bits per heavy atom. The molecule has 146 valence electrons. The minimum absolute atomic E-state index is 0.0113. The number of nitrogens with zero attached hydrogens (tertiary/aromatic N) is 2. The summed E-state index contributed by atoms with van der Waals surface area (Å²) in [6.07, 6.45) is 0. The number of benzene rings is 2. The lowest BCUT2D eigenvalue weighted by molar-refractivity contribution is -0.120. The van der Waals surface area contributed by atoms with Crippen LogP contribution in [0.15, 0.2) is 58.9 Å². The summed E-state index contributed by atoms with van der Waals surface area (Å²) >= 11 is 2.87. The van der Waals surface area contributed by atoms with Crippen LogP contribution in [0.5, 0.6) is 0 Å². The van der Waals surface area contributed by atoms with E-state index in [1.165, 1.54) is 28.7 Å². The summed E-state index contributed by atoms with van der Waals surface area (Å²) in [5.74, 6) is 0.496. The molecule has 1 heterocycles. The molecule has 3 aromatic rings. The first-order valence-corrected chi connectivity index (χ1v) is 10.9. The zero-order chi connectivity index (χ0) is 19.9. The number of aromatic nitrogens is 2. The van der Waals surface area contributed by atoms with Crippen molar-refractivity contribution < 1.29 is 4.79 Å². The molecule has 0 saturated carbocycles. The normalized spacial score (nSPS) is 12.0. The van der Waals surface area contributed by atoms with E-state index in [1.807, 2.05) is 49.4 Å². The van der Waals surface area contributed by atoms with Gasteiger partial charge in [0.05, 0.1) is 5.25 Å². The third kappa shape index (κ3) is 5.81. The minimum Gasteiger partial charge on any atom is -0.351 e. The minimum atomic E-state index is -0.241. The van der Waals surface area contributed by atoms with Gasteiger partial charge in [-0.25, -0.2) is 0 Å². The number of carbonyl (C=O) groups excluding carboxylic acids is 1. The van der Waals surface area contributed by atoms with Gasteiger partial charge < -0.3 is 10.6 Å². The Labute approximate surface area is 174 Å². The van der Waals surface area contributed by atoms with Gasteiger partial charge in [0.2, 0.25) is 11.0 Å². The fourth-order valence-corrected chi connectivity index (χ4v) is 4.46. The molecule has 3 rings (SSSR count). The average Bonchev–Trinajstić information content (AvgIpc) is 3.14. The van der Waals surface area contributed by atoms with Crippen molar-refractivity contribution in [3.63, 3.8) is 0 Å². The van der Waals surface area contributed by atoms with Crippen LogP contribution < -0.4 is 10.6 Å². The van der Waals surface area contributed by atoms with Gasteiger partial charge in [-0.2, -0.15) is 0 Å². The van der Waals surface area contributed by atoms with Gasteiger partial charge in [-0.1, -0.05) is 79.4 Å². The van der Waals surface area contributed by atoms with Crippen molar-refractivity contribution in [2.75, 3.05) is 5.32 Å².